The monoisotopic (exact) mass is 396 g/mol. The Morgan fingerprint density at radius 3 is 2.30 bits per heavy atom. The van der Waals surface area contributed by atoms with Crippen molar-refractivity contribution >= 4 is 16.8 Å². The third kappa shape index (κ3) is 3.69. The summed E-state index contributed by atoms with van der Waals surface area (Å²) < 4.78 is 1.91. The molecule has 0 aliphatic heterocycles. The van der Waals surface area contributed by atoms with E-state index in [1.165, 1.54) is 5.56 Å². The first kappa shape index (κ1) is 19.8. The number of fused-ring (bicyclic) bond motifs is 1. The van der Waals surface area contributed by atoms with Gasteiger partial charge < -0.3 is 4.57 Å². The van der Waals surface area contributed by atoms with Crippen molar-refractivity contribution in [3.8, 4) is 0 Å². The van der Waals surface area contributed by atoms with Crippen LogP contribution < -0.4 is 5.43 Å². The number of ketones is 1. The van der Waals surface area contributed by atoms with Gasteiger partial charge in [-0.15, -0.1) is 0 Å². The molecule has 0 spiro atoms. The topological polar surface area (TPSA) is 52.0 Å². The van der Waals surface area contributed by atoms with E-state index in [0.29, 0.717) is 23.1 Å². The molecule has 0 saturated heterocycles. The summed E-state index contributed by atoms with van der Waals surface area (Å²) in [7, 11) is 0. The van der Waals surface area contributed by atoms with E-state index in [4.69, 9.17) is 0 Å². The molecular weight excluding hydrogens is 372 g/mol. The molecule has 0 atom stereocenters. The first-order valence-electron chi connectivity index (χ1n) is 10.0. The second-order valence-electron chi connectivity index (χ2n) is 7.96. The lowest BCUT2D eigenvalue weighted by Crippen LogP contribution is -2.21. The van der Waals surface area contributed by atoms with Crippen LogP contribution in [0.15, 0.2) is 65.6 Å². The van der Waals surface area contributed by atoms with Gasteiger partial charge in [0.05, 0.1) is 10.9 Å². The van der Waals surface area contributed by atoms with E-state index in [2.05, 4.69) is 29.2 Å². The Kier molecular flexibility index (Phi) is 5.08. The Hall–Kier alpha value is -3.53. The van der Waals surface area contributed by atoms with E-state index in [1.54, 1.807) is 12.3 Å². The van der Waals surface area contributed by atoms with Crippen LogP contribution in [0.5, 0.6) is 0 Å². The van der Waals surface area contributed by atoms with Gasteiger partial charge in [0.15, 0.2) is 5.78 Å². The summed E-state index contributed by atoms with van der Waals surface area (Å²) in [6.45, 7) is 8.31. The summed E-state index contributed by atoms with van der Waals surface area (Å²) in [5, 5.41) is 0.462. The normalized spacial score (nSPS) is 11.1. The van der Waals surface area contributed by atoms with Crippen LogP contribution in [0.25, 0.3) is 11.0 Å². The van der Waals surface area contributed by atoms with Gasteiger partial charge in [0, 0.05) is 24.0 Å². The van der Waals surface area contributed by atoms with Gasteiger partial charge in [0.25, 0.3) is 0 Å². The smallest absolute Gasteiger partial charge is 0.202 e. The van der Waals surface area contributed by atoms with Crippen LogP contribution in [0, 0.1) is 27.7 Å². The van der Waals surface area contributed by atoms with Crippen LogP contribution in [0.1, 0.15) is 43.9 Å². The molecule has 2 heterocycles. The van der Waals surface area contributed by atoms with Gasteiger partial charge in [-0.2, -0.15) is 0 Å². The molecule has 4 aromatic rings. The highest BCUT2D eigenvalue weighted by atomic mass is 16.1. The third-order valence-corrected chi connectivity index (χ3v) is 5.42. The zero-order valence-electron chi connectivity index (χ0n) is 17.7. The molecule has 0 bridgehead atoms. The lowest BCUT2D eigenvalue weighted by atomic mass is 9.97. The van der Waals surface area contributed by atoms with Crippen molar-refractivity contribution in [3.05, 3.63) is 110 Å². The van der Waals surface area contributed by atoms with E-state index in [-0.39, 0.29) is 16.8 Å². The minimum atomic E-state index is -0.274. The van der Waals surface area contributed by atoms with Crippen molar-refractivity contribution < 1.29 is 4.79 Å². The molecule has 4 heteroatoms. The van der Waals surface area contributed by atoms with Crippen LogP contribution in [-0.4, -0.2) is 15.3 Å². The number of carbonyl (C=O) groups is 1. The Morgan fingerprint density at radius 1 is 0.867 bits per heavy atom. The number of carbonyl (C=O) groups excluding carboxylic acids is 1. The summed E-state index contributed by atoms with van der Waals surface area (Å²) in [6, 6.07) is 17.5. The van der Waals surface area contributed by atoms with Crippen LogP contribution >= 0.6 is 0 Å². The standard InChI is InChI=1S/C26H24N2O2/c1-16-6-10-20(11-7-16)14-28-15-23(24(29)21-12-9-19(4)27-26(21)28)25(30)22-13-17(2)5-8-18(22)3/h5-13,15H,14H2,1-4H3. The van der Waals surface area contributed by atoms with Crippen molar-refractivity contribution in [1.29, 1.82) is 0 Å². The molecule has 2 aromatic heterocycles. The SMILES string of the molecule is Cc1ccc(Cn2cc(C(=O)c3cc(C)ccc3C)c(=O)c3ccc(C)nc32)cc1. The largest absolute Gasteiger partial charge is 0.327 e. The quantitative estimate of drug-likeness (QED) is 0.461. The number of benzene rings is 2. The van der Waals surface area contributed by atoms with Crippen LogP contribution in [0.4, 0.5) is 0 Å². The maximum absolute atomic E-state index is 13.4. The maximum atomic E-state index is 13.4. The second-order valence-corrected chi connectivity index (χ2v) is 7.96. The van der Waals surface area contributed by atoms with E-state index in [1.807, 2.05) is 56.5 Å². The Bertz CT molecular complexity index is 1330. The first-order chi connectivity index (χ1) is 14.3. The first-order valence-corrected chi connectivity index (χ1v) is 10.0. The van der Waals surface area contributed by atoms with Crippen LogP contribution in [-0.2, 0) is 6.54 Å². The zero-order chi connectivity index (χ0) is 21.4. The van der Waals surface area contributed by atoms with Crippen LogP contribution in [0.2, 0.25) is 0 Å². The van der Waals surface area contributed by atoms with Gasteiger partial charge in [0.1, 0.15) is 5.65 Å². The number of hydrogen-bond acceptors (Lipinski definition) is 3. The highest BCUT2D eigenvalue weighted by Crippen LogP contribution is 2.18. The van der Waals surface area contributed by atoms with Gasteiger partial charge in [-0.25, -0.2) is 4.98 Å². The highest BCUT2D eigenvalue weighted by molar-refractivity contribution is 6.10. The molecule has 0 N–H and O–H groups in total. The summed E-state index contributed by atoms with van der Waals surface area (Å²) in [5.41, 5.74) is 6.00. The van der Waals surface area contributed by atoms with Gasteiger partial charge in [0.2, 0.25) is 5.43 Å². The van der Waals surface area contributed by atoms with Crippen molar-refractivity contribution in [3.63, 3.8) is 0 Å². The number of aromatic nitrogens is 2. The number of hydrogen-bond donors (Lipinski definition) is 0. The van der Waals surface area contributed by atoms with Gasteiger partial charge in [-0.1, -0.05) is 47.5 Å². The highest BCUT2D eigenvalue weighted by Gasteiger charge is 2.19. The van der Waals surface area contributed by atoms with Crippen LogP contribution in [0.3, 0.4) is 0 Å². The molecule has 0 radical (unpaired) electrons. The fraction of sp³-hybridized carbons (Fsp3) is 0.192. The number of pyridine rings is 2. The molecule has 0 unspecified atom stereocenters. The zero-order valence-corrected chi connectivity index (χ0v) is 17.7. The molecule has 2 aromatic carbocycles. The molecule has 0 fully saturated rings. The Labute approximate surface area is 175 Å². The molecule has 0 amide bonds. The van der Waals surface area contributed by atoms with E-state index in [9.17, 15) is 9.59 Å². The van der Waals surface area contributed by atoms with E-state index >= 15 is 0 Å². The predicted molar refractivity (Wildman–Crippen MR) is 120 cm³/mol. The fourth-order valence-corrected chi connectivity index (χ4v) is 3.66. The minimum Gasteiger partial charge on any atom is -0.327 e. The number of rotatable bonds is 4. The van der Waals surface area contributed by atoms with Gasteiger partial charge in [-0.3, -0.25) is 9.59 Å². The van der Waals surface area contributed by atoms with E-state index in [0.717, 1.165) is 22.4 Å². The van der Waals surface area contributed by atoms with Crippen molar-refractivity contribution in [2.24, 2.45) is 0 Å². The molecular formula is C26H24N2O2. The van der Waals surface area contributed by atoms with Gasteiger partial charge >= 0.3 is 0 Å². The average Bonchev–Trinajstić information content (AvgIpc) is 2.73. The summed E-state index contributed by atoms with van der Waals surface area (Å²) >= 11 is 0. The lowest BCUT2D eigenvalue weighted by molar-refractivity contribution is 0.103. The molecule has 4 nitrogen and oxygen atoms in total. The summed E-state index contributed by atoms with van der Waals surface area (Å²) in [5.74, 6) is -0.249. The summed E-state index contributed by atoms with van der Waals surface area (Å²) in [6.07, 6.45) is 1.67. The molecule has 0 aliphatic rings. The van der Waals surface area contributed by atoms with Crippen molar-refractivity contribution in [2.45, 2.75) is 34.2 Å². The molecule has 0 saturated carbocycles. The van der Waals surface area contributed by atoms with Crippen molar-refractivity contribution in [2.75, 3.05) is 0 Å². The molecule has 4 rings (SSSR count). The minimum absolute atomic E-state index is 0.175. The number of aryl methyl sites for hydroxylation is 4. The van der Waals surface area contributed by atoms with Crippen molar-refractivity contribution in [1.82, 2.24) is 9.55 Å². The molecule has 0 aliphatic carbocycles. The average molecular weight is 396 g/mol. The maximum Gasteiger partial charge on any atom is 0.202 e. The Balaban J connectivity index is 1.92. The lowest BCUT2D eigenvalue weighted by Gasteiger charge is -2.14. The van der Waals surface area contributed by atoms with Gasteiger partial charge in [-0.05, 0) is 57.0 Å². The second kappa shape index (κ2) is 7.71. The fourth-order valence-electron chi connectivity index (χ4n) is 3.66. The summed E-state index contributed by atoms with van der Waals surface area (Å²) in [4.78, 5) is 31.2. The predicted octanol–water partition coefficient (Wildman–Crippen LogP) is 4.91. The van der Waals surface area contributed by atoms with E-state index < -0.39 is 0 Å². The third-order valence-electron chi connectivity index (χ3n) is 5.42. The number of nitrogens with zero attached hydrogens (tertiary/aromatic N) is 2. The molecule has 150 valence electrons. The molecule has 30 heavy (non-hydrogen) atoms. The Morgan fingerprint density at radius 2 is 1.57 bits per heavy atom.